The third-order valence-electron chi connectivity index (χ3n) is 3.94. The first kappa shape index (κ1) is 16.8. The van der Waals surface area contributed by atoms with Gasteiger partial charge in [0.2, 0.25) is 0 Å². The number of benzene rings is 1. The minimum Gasteiger partial charge on any atom is -0.486 e. The standard InChI is InChI=1S/C19H17N5O3/c1-12-7-14(23-22-12)10-21-19(25)18-9-16(27-24-18)11-26-15-4-5-17-13(8-15)3-2-6-20-17/h2-9H,10-11H2,1H3,(H,21,25)(H,22,23). The van der Waals surface area contributed by atoms with Crippen LogP contribution in [0.5, 0.6) is 5.75 Å². The summed E-state index contributed by atoms with van der Waals surface area (Å²) in [6.07, 6.45) is 1.75. The summed E-state index contributed by atoms with van der Waals surface area (Å²) >= 11 is 0. The molecule has 8 heteroatoms. The van der Waals surface area contributed by atoms with Crippen LogP contribution in [-0.2, 0) is 13.2 Å². The second-order valence-corrected chi connectivity index (χ2v) is 6.05. The lowest BCUT2D eigenvalue weighted by Crippen LogP contribution is -2.23. The molecule has 0 bridgehead atoms. The molecule has 2 N–H and O–H groups in total. The highest BCUT2D eigenvalue weighted by Crippen LogP contribution is 2.20. The van der Waals surface area contributed by atoms with Crippen LogP contribution in [-0.4, -0.2) is 26.2 Å². The zero-order valence-electron chi connectivity index (χ0n) is 14.6. The number of hydrogen-bond donors (Lipinski definition) is 2. The predicted molar refractivity (Wildman–Crippen MR) is 97.1 cm³/mol. The van der Waals surface area contributed by atoms with Crippen LogP contribution in [0.25, 0.3) is 10.9 Å². The fourth-order valence-corrected chi connectivity index (χ4v) is 2.61. The Bertz CT molecular complexity index is 1090. The summed E-state index contributed by atoms with van der Waals surface area (Å²) in [4.78, 5) is 16.4. The third kappa shape index (κ3) is 3.95. The maximum Gasteiger partial charge on any atom is 0.273 e. The molecule has 136 valence electrons. The molecule has 4 rings (SSSR count). The van der Waals surface area contributed by atoms with Crippen LogP contribution in [0.3, 0.4) is 0 Å². The Morgan fingerprint density at radius 2 is 2.19 bits per heavy atom. The van der Waals surface area contributed by atoms with Crippen LogP contribution in [0, 0.1) is 6.92 Å². The van der Waals surface area contributed by atoms with E-state index in [9.17, 15) is 4.79 Å². The fraction of sp³-hybridized carbons (Fsp3) is 0.158. The number of carbonyl (C=O) groups is 1. The van der Waals surface area contributed by atoms with Gasteiger partial charge in [-0.2, -0.15) is 5.10 Å². The number of aromatic amines is 1. The molecule has 0 fully saturated rings. The van der Waals surface area contributed by atoms with Gasteiger partial charge in [0.15, 0.2) is 11.5 Å². The molecule has 0 saturated carbocycles. The second-order valence-electron chi connectivity index (χ2n) is 6.05. The molecule has 3 heterocycles. The Morgan fingerprint density at radius 3 is 3.04 bits per heavy atom. The zero-order valence-corrected chi connectivity index (χ0v) is 14.6. The molecule has 1 aromatic carbocycles. The number of rotatable bonds is 6. The Kier molecular flexibility index (Phi) is 4.52. The Hall–Kier alpha value is -3.68. The summed E-state index contributed by atoms with van der Waals surface area (Å²) in [5, 5.41) is 14.4. The fourth-order valence-electron chi connectivity index (χ4n) is 2.61. The van der Waals surface area contributed by atoms with Crippen LogP contribution in [0.15, 0.2) is 53.2 Å². The van der Waals surface area contributed by atoms with Gasteiger partial charge in [0.05, 0.1) is 17.8 Å². The van der Waals surface area contributed by atoms with E-state index in [1.54, 1.807) is 12.3 Å². The largest absolute Gasteiger partial charge is 0.486 e. The summed E-state index contributed by atoms with van der Waals surface area (Å²) in [6, 6.07) is 12.9. The van der Waals surface area contributed by atoms with Gasteiger partial charge in [0, 0.05) is 23.3 Å². The lowest BCUT2D eigenvalue weighted by Gasteiger charge is -2.04. The lowest BCUT2D eigenvalue weighted by atomic mass is 10.2. The van der Waals surface area contributed by atoms with Gasteiger partial charge in [-0.3, -0.25) is 14.9 Å². The van der Waals surface area contributed by atoms with Crippen molar-refractivity contribution in [3.05, 3.63) is 71.5 Å². The average molecular weight is 363 g/mol. The van der Waals surface area contributed by atoms with Gasteiger partial charge in [-0.1, -0.05) is 11.2 Å². The Morgan fingerprint density at radius 1 is 1.26 bits per heavy atom. The maximum absolute atomic E-state index is 12.1. The molecule has 0 atom stereocenters. The first-order chi connectivity index (χ1) is 13.2. The molecule has 0 aliphatic rings. The van der Waals surface area contributed by atoms with Crippen LogP contribution in [0.4, 0.5) is 0 Å². The summed E-state index contributed by atoms with van der Waals surface area (Å²) in [6.45, 7) is 2.38. The third-order valence-corrected chi connectivity index (χ3v) is 3.94. The highest BCUT2D eigenvalue weighted by Gasteiger charge is 2.13. The molecule has 1 amide bonds. The van der Waals surface area contributed by atoms with Crippen LogP contribution in [0.2, 0.25) is 0 Å². The minimum atomic E-state index is -0.331. The minimum absolute atomic E-state index is 0.171. The van der Waals surface area contributed by atoms with Gasteiger partial charge < -0.3 is 14.6 Å². The Labute approximate surface area is 154 Å². The topological polar surface area (TPSA) is 106 Å². The molecular weight excluding hydrogens is 346 g/mol. The van der Waals surface area contributed by atoms with Crippen molar-refractivity contribution in [2.75, 3.05) is 0 Å². The first-order valence-corrected chi connectivity index (χ1v) is 8.39. The highest BCUT2D eigenvalue weighted by molar-refractivity contribution is 5.92. The number of fused-ring (bicyclic) bond motifs is 1. The molecule has 4 aromatic rings. The van der Waals surface area contributed by atoms with Crippen molar-refractivity contribution in [2.45, 2.75) is 20.1 Å². The van der Waals surface area contributed by atoms with Gasteiger partial charge in [0.25, 0.3) is 5.91 Å². The van der Waals surface area contributed by atoms with Crippen LogP contribution in [0.1, 0.15) is 27.6 Å². The van der Waals surface area contributed by atoms with Gasteiger partial charge in [-0.05, 0) is 37.3 Å². The molecule has 0 unspecified atom stereocenters. The number of ether oxygens (including phenoxy) is 1. The molecule has 3 aromatic heterocycles. The van der Waals surface area contributed by atoms with Crippen molar-refractivity contribution in [3.63, 3.8) is 0 Å². The summed E-state index contributed by atoms with van der Waals surface area (Å²) in [5.74, 6) is 0.816. The van der Waals surface area contributed by atoms with E-state index in [0.717, 1.165) is 22.3 Å². The van der Waals surface area contributed by atoms with E-state index in [0.29, 0.717) is 18.1 Å². The molecule has 8 nitrogen and oxygen atoms in total. The average Bonchev–Trinajstić information content (AvgIpc) is 3.33. The quantitative estimate of drug-likeness (QED) is 0.546. The second kappa shape index (κ2) is 7.28. The summed E-state index contributed by atoms with van der Waals surface area (Å²) < 4.78 is 10.9. The number of carbonyl (C=O) groups excluding carboxylic acids is 1. The number of pyridine rings is 1. The van der Waals surface area contributed by atoms with Crippen molar-refractivity contribution < 1.29 is 14.1 Å². The van der Waals surface area contributed by atoms with Gasteiger partial charge in [0.1, 0.15) is 12.4 Å². The number of aromatic nitrogens is 4. The number of hydrogen-bond acceptors (Lipinski definition) is 6. The van der Waals surface area contributed by atoms with E-state index in [4.69, 9.17) is 9.26 Å². The van der Waals surface area contributed by atoms with E-state index in [2.05, 4.69) is 25.7 Å². The summed E-state index contributed by atoms with van der Waals surface area (Å²) in [5.41, 5.74) is 2.78. The van der Waals surface area contributed by atoms with E-state index in [1.807, 2.05) is 43.3 Å². The molecule has 0 aliphatic carbocycles. The van der Waals surface area contributed by atoms with E-state index >= 15 is 0 Å². The highest BCUT2D eigenvalue weighted by atomic mass is 16.5. The van der Waals surface area contributed by atoms with E-state index in [-0.39, 0.29) is 18.2 Å². The SMILES string of the molecule is Cc1cc(CNC(=O)c2cc(COc3ccc4ncccc4c3)on2)n[nH]1. The van der Waals surface area contributed by atoms with Gasteiger partial charge in [-0.25, -0.2) is 0 Å². The number of nitrogens with zero attached hydrogens (tertiary/aromatic N) is 3. The number of H-pyrrole nitrogens is 1. The molecule has 27 heavy (non-hydrogen) atoms. The van der Waals surface area contributed by atoms with Crippen molar-refractivity contribution in [3.8, 4) is 5.75 Å². The van der Waals surface area contributed by atoms with Gasteiger partial charge in [-0.15, -0.1) is 0 Å². The normalized spacial score (nSPS) is 10.9. The number of nitrogens with one attached hydrogen (secondary N) is 2. The Balaban J connectivity index is 1.34. The summed E-state index contributed by atoms with van der Waals surface area (Å²) in [7, 11) is 0. The zero-order chi connectivity index (χ0) is 18.6. The maximum atomic E-state index is 12.1. The molecule has 0 spiro atoms. The van der Waals surface area contributed by atoms with Crippen LogP contribution < -0.4 is 10.1 Å². The van der Waals surface area contributed by atoms with Crippen molar-refractivity contribution in [2.24, 2.45) is 0 Å². The molecule has 0 radical (unpaired) electrons. The lowest BCUT2D eigenvalue weighted by molar-refractivity contribution is 0.0941. The van der Waals surface area contributed by atoms with Gasteiger partial charge >= 0.3 is 0 Å². The van der Waals surface area contributed by atoms with Crippen molar-refractivity contribution in [1.29, 1.82) is 0 Å². The van der Waals surface area contributed by atoms with E-state index in [1.165, 1.54) is 0 Å². The number of aryl methyl sites for hydroxylation is 1. The molecular formula is C19H17N5O3. The van der Waals surface area contributed by atoms with E-state index < -0.39 is 0 Å². The molecule has 0 aliphatic heterocycles. The first-order valence-electron chi connectivity index (χ1n) is 8.39. The number of amides is 1. The van der Waals surface area contributed by atoms with Crippen molar-refractivity contribution >= 4 is 16.8 Å². The van der Waals surface area contributed by atoms with Crippen LogP contribution >= 0.6 is 0 Å². The smallest absolute Gasteiger partial charge is 0.273 e. The monoisotopic (exact) mass is 363 g/mol. The molecule has 0 saturated heterocycles. The predicted octanol–water partition coefficient (Wildman–Crippen LogP) is 2.76. The van der Waals surface area contributed by atoms with Crippen molar-refractivity contribution in [1.82, 2.24) is 25.7 Å².